The van der Waals surface area contributed by atoms with Crippen LogP contribution in [0.4, 0.5) is 9.18 Å². The number of sulfonamides is 1. The molecule has 0 unspecified atom stereocenters. The fourth-order valence-corrected chi connectivity index (χ4v) is 4.37. The molecular weight excluding hydrogens is 371 g/mol. The lowest BCUT2D eigenvalue weighted by molar-refractivity contribution is 0.137. The highest BCUT2D eigenvalue weighted by Crippen LogP contribution is 2.26. The molecule has 6 nitrogen and oxygen atoms in total. The zero-order valence-corrected chi connectivity index (χ0v) is 15.6. The van der Waals surface area contributed by atoms with Crippen LogP contribution in [0.25, 0.3) is 11.1 Å². The highest BCUT2D eigenvalue weighted by molar-refractivity contribution is 7.88. The number of rotatable bonds is 5. The van der Waals surface area contributed by atoms with Gasteiger partial charge in [0, 0.05) is 12.6 Å². The van der Waals surface area contributed by atoms with Crippen LogP contribution in [0, 0.1) is 5.82 Å². The smallest absolute Gasteiger partial charge is 0.407 e. The van der Waals surface area contributed by atoms with Gasteiger partial charge in [-0.1, -0.05) is 36.4 Å². The van der Waals surface area contributed by atoms with Crippen LogP contribution >= 0.6 is 0 Å². The van der Waals surface area contributed by atoms with Crippen molar-refractivity contribution in [3.05, 3.63) is 59.9 Å². The van der Waals surface area contributed by atoms with E-state index in [0.717, 1.165) is 22.9 Å². The van der Waals surface area contributed by atoms with Gasteiger partial charge in [-0.05, 0) is 41.7 Å². The van der Waals surface area contributed by atoms with Crippen molar-refractivity contribution in [1.82, 2.24) is 9.62 Å². The lowest BCUT2D eigenvalue weighted by atomic mass is 9.97. The number of hydrogen-bond donors (Lipinski definition) is 2. The number of likely N-dealkylation sites (tertiary alicyclic amines) is 1. The van der Waals surface area contributed by atoms with E-state index in [1.807, 2.05) is 24.3 Å². The van der Waals surface area contributed by atoms with Gasteiger partial charge in [0.2, 0.25) is 10.0 Å². The van der Waals surface area contributed by atoms with Crippen LogP contribution in [0.3, 0.4) is 0 Å². The molecule has 1 aliphatic rings. The summed E-state index contributed by atoms with van der Waals surface area (Å²) in [6.45, 7) is 0.275. The Labute approximate surface area is 157 Å². The predicted octanol–water partition coefficient (Wildman–Crippen LogP) is 2.71. The molecule has 0 spiro atoms. The van der Waals surface area contributed by atoms with Crippen LogP contribution in [0.1, 0.15) is 12.0 Å². The molecule has 0 aromatic heterocycles. The molecule has 8 heteroatoms. The highest BCUT2D eigenvalue weighted by Gasteiger charge is 2.38. The minimum absolute atomic E-state index is 0.275. The molecule has 0 saturated carbocycles. The molecule has 2 aromatic carbocycles. The third-order valence-electron chi connectivity index (χ3n) is 4.69. The molecular formula is C19H21FN2O4S. The lowest BCUT2D eigenvalue weighted by Gasteiger charge is -2.26. The predicted molar refractivity (Wildman–Crippen MR) is 100 cm³/mol. The van der Waals surface area contributed by atoms with E-state index in [9.17, 15) is 22.7 Å². The molecule has 0 bridgehead atoms. The zero-order valence-electron chi connectivity index (χ0n) is 14.8. The summed E-state index contributed by atoms with van der Waals surface area (Å²) in [5.41, 5.74) is 2.40. The molecule has 2 N–H and O–H groups in total. The Morgan fingerprint density at radius 3 is 2.52 bits per heavy atom. The molecule has 0 radical (unpaired) electrons. The maximum atomic E-state index is 13.5. The molecule has 144 valence electrons. The minimum Gasteiger partial charge on any atom is -0.465 e. The van der Waals surface area contributed by atoms with E-state index in [1.165, 1.54) is 17.0 Å². The van der Waals surface area contributed by atoms with Gasteiger partial charge in [-0.15, -0.1) is 0 Å². The maximum absolute atomic E-state index is 13.5. The Morgan fingerprint density at radius 2 is 1.89 bits per heavy atom. The summed E-state index contributed by atoms with van der Waals surface area (Å²) in [5.74, 6) is -0.330. The van der Waals surface area contributed by atoms with Crippen LogP contribution < -0.4 is 4.72 Å². The lowest BCUT2D eigenvalue weighted by Crippen LogP contribution is -2.47. The van der Waals surface area contributed by atoms with Gasteiger partial charge in [-0.2, -0.15) is 0 Å². The standard InChI is InChI=1S/C19H21FN2O4S/c1-27(25,26)21-17-8-9-22(19(23)24)18(17)11-13-4-2-5-14(10-13)15-6-3-7-16(20)12-15/h2-7,10,12,17-18,21H,8-9,11H2,1H3,(H,23,24)/t17-,18-/m0/s1. The monoisotopic (exact) mass is 392 g/mol. The van der Waals surface area contributed by atoms with E-state index in [1.54, 1.807) is 12.1 Å². The largest absolute Gasteiger partial charge is 0.465 e. The molecule has 2 aromatic rings. The average Bonchev–Trinajstić information content (AvgIpc) is 2.96. The van der Waals surface area contributed by atoms with Crippen molar-refractivity contribution in [1.29, 1.82) is 0 Å². The summed E-state index contributed by atoms with van der Waals surface area (Å²) in [6.07, 6.45) is 0.785. The molecule has 1 aliphatic heterocycles. The zero-order chi connectivity index (χ0) is 19.6. The first-order chi connectivity index (χ1) is 12.7. The van der Waals surface area contributed by atoms with E-state index in [2.05, 4.69) is 4.72 Å². The number of amides is 1. The molecule has 27 heavy (non-hydrogen) atoms. The number of benzene rings is 2. The fourth-order valence-electron chi connectivity index (χ4n) is 3.54. The van der Waals surface area contributed by atoms with Crippen LogP contribution in [0.15, 0.2) is 48.5 Å². The summed E-state index contributed by atoms with van der Waals surface area (Å²) < 4.78 is 39.3. The number of carbonyl (C=O) groups is 1. The first-order valence-corrected chi connectivity index (χ1v) is 10.4. The van der Waals surface area contributed by atoms with Gasteiger partial charge in [-0.3, -0.25) is 0 Å². The highest BCUT2D eigenvalue weighted by atomic mass is 32.2. The number of carboxylic acid groups (broad SMARTS) is 1. The number of hydrogen-bond acceptors (Lipinski definition) is 3. The second-order valence-electron chi connectivity index (χ2n) is 6.74. The van der Waals surface area contributed by atoms with Gasteiger partial charge < -0.3 is 10.0 Å². The van der Waals surface area contributed by atoms with Gasteiger partial charge in [0.25, 0.3) is 0 Å². The molecule has 3 rings (SSSR count). The quantitative estimate of drug-likeness (QED) is 0.819. The van der Waals surface area contributed by atoms with E-state index in [4.69, 9.17) is 0 Å². The first kappa shape index (κ1) is 19.3. The fraction of sp³-hybridized carbons (Fsp3) is 0.316. The van der Waals surface area contributed by atoms with Crippen molar-refractivity contribution in [3.8, 4) is 11.1 Å². The molecule has 1 fully saturated rings. The van der Waals surface area contributed by atoms with Gasteiger partial charge in [0.05, 0.1) is 12.3 Å². The van der Waals surface area contributed by atoms with E-state index in [0.29, 0.717) is 12.8 Å². The van der Waals surface area contributed by atoms with Crippen molar-refractivity contribution < 1.29 is 22.7 Å². The van der Waals surface area contributed by atoms with Crippen LogP contribution in [0.5, 0.6) is 0 Å². The van der Waals surface area contributed by atoms with Crippen molar-refractivity contribution in [2.45, 2.75) is 24.9 Å². The molecule has 1 amide bonds. The van der Waals surface area contributed by atoms with Crippen LogP contribution in [-0.2, 0) is 16.4 Å². The van der Waals surface area contributed by atoms with Gasteiger partial charge in [-0.25, -0.2) is 22.3 Å². The van der Waals surface area contributed by atoms with Gasteiger partial charge in [0.1, 0.15) is 5.82 Å². The molecule has 2 atom stereocenters. The summed E-state index contributed by atoms with van der Waals surface area (Å²) >= 11 is 0. The van der Waals surface area contributed by atoms with E-state index >= 15 is 0 Å². The Kier molecular flexibility index (Phi) is 5.48. The third-order valence-corrected chi connectivity index (χ3v) is 5.42. The van der Waals surface area contributed by atoms with Crippen molar-refractivity contribution in [2.75, 3.05) is 12.8 Å². The minimum atomic E-state index is -3.45. The number of nitrogens with zero attached hydrogens (tertiary/aromatic N) is 1. The number of nitrogens with one attached hydrogen (secondary N) is 1. The van der Waals surface area contributed by atoms with Crippen LogP contribution in [-0.4, -0.2) is 49.4 Å². The topological polar surface area (TPSA) is 86.7 Å². The third kappa shape index (κ3) is 4.84. The Hall–Kier alpha value is -2.45. The van der Waals surface area contributed by atoms with Crippen molar-refractivity contribution in [2.24, 2.45) is 0 Å². The van der Waals surface area contributed by atoms with Crippen molar-refractivity contribution >= 4 is 16.1 Å². The summed E-state index contributed by atoms with van der Waals surface area (Å²) in [6, 6.07) is 12.7. The molecule has 1 heterocycles. The van der Waals surface area contributed by atoms with Crippen molar-refractivity contribution in [3.63, 3.8) is 0 Å². The number of halogens is 1. The first-order valence-electron chi connectivity index (χ1n) is 8.55. The van der Waals surface area contributed by atoms with Crippen LogP contribution in [0.2, 0.25) is 0 Å². The SMILES string of the molecule is CS(=O)(=O)N[C@H]1CCN(C(=O)O)[C@H]1Cc1cccc(-c2cccc(F)c2)c1. The normalized spacial score (nSPS) is 20.0. The second kappa shape index (κ2) is 7.66. The summed E-state index contributed by atoms with van der Waals surface area (Å²) in [7, 11) is -3.45. The van der Waals surface area contributed by atoms with E-state index in [-0.39, 0.29) is 12.4 Å². The maximum Gasteiger partial charge on any atom is 0.407 e. The Balaban J connectivity index is 1.87. The Bertz CT molecular complexity index is 948. The molecule has 1 saturated heterocycles. The second-order valence-corrected chi connectivity index (χ2v) is 8.52. The Morgan fingerprint density at radius 1 is 1.22 bits per heavy atom. The van der Waals surface area contributed by atoms with E-state index < -0.39 is 28.2 Å². The average molecular weight is 392 g/mol. The van der Waals surface area contributed by atoms with Gasteiger partial charge >= 0.3 is 6.09 Å². The van der Waals surface area contributed by atoms with Gasteiger partial charge in [0.15, 0.2) is 0 Å². The molecule has 0 aliphatic carbocycles. The summed E-state index contributed by atoms with van der Waals surface area (Å²) in [5, 5.41) is 9.45. The summed E-state index contributed by atoms with van der Waals surface area (Å²) in [4.78, 5) is 12.8.